The molecule has 0 unspecified atom stereocenters. The average molecular weight is 293 g/mol. The molecule has 0 spiro atoms. The molecule has 1 aromatic heterocycles. The summed E-state index contributed by atoms with van der Waals surface area (Å²) in [4.78, 5) is 5.98. The van der Waals surface area contributed by atoms with Crippen LogP contribution in [0.4, 0.5) is 0 Å². The second kappa shape index (κ2) is 5.63. The largest absolute Gasteiger partial charge is 0.324 e. The highest BCUT2D eigenvalue weighted by Gasteiger charge is 2.14. The predicted molar refractivity (Wildman–Crippen MR) is 87.3 cm³/mol. The fourth-order valence-electron chi connectivity index (χ4n) is 2.55. The van der Waals surface area contributed by atoms with Gasteiger partial charge in [-0.3, -0.25) is 0 Å². The lowest BCUT2D eigenvalue weighted by atomic mass is 10.2. The molecule has 3 nitrogen and oxygen atoms in total. The minimum atomic E-state index is 0.646. The number of rotatable bonds is 3. The molecule has 0 bridgehead atoms. The summed E-state index contributed by atoms with van der Waals surface area (Å²) in [5, 5.41) is 9.04. The SMILES string of the molecule is CCn1c(-c2ccccc2SC)nc2cc(C#N)ccc21. The van der Waals surface area contributed by atoms with E-state index in [1.165, 1.54) is 4.90 Å². The fraction of sp³-hybridized carbons (Fsp3) is 0.176. The highest BCUT2D eigenvalue weighted by Crippen LogP contribution is 2.32. The summed E-state index contributed by atoms with van der Waals surface area (Å²) in [5.74, 6) is 0.965. The van der Waals surface area contributed by atoms with Gasteiger partial charge in [0, 0.05) is 17.0 Å². The van der Waals surface area contributed by atoms with E-state index >= 15 is 0 Å². The van der Waals surface area contributed by atoms with Crippen LogP contribution in [0.5, 0.6) is 0 Å². The first-order chi connectivity index (χ1) is 10.3. The van der Waals surface area contributed by atoms with Crippen molar-refractivity contribution < 1.29 is 0 Å². The van der Waals surface area contributed by atoms with Crippen molar-refractivity contribution in [1.82, 2.24) is 9.55 Å². The summed E-state index contributed by atoms with van der Waals surface area (Å²) in [7, 11) is 0. The van der Waals surface area contributed by atoms with Crippen LogP contribution in [0.1, 0.15) is 12.5 Å². The van der Waals surface area contributed by atoms with E-state index in [4.69, 9.17) is 10.2 Å². The maximum absolute atomic E-state index is 9.04. The predicted octanol–water partition coefficient (Wildman–Crippen LogP) is 4.32. The molecule has 0 atom stereocenters. The Kier molecular flexibility index (Phi) is 3.68. The van der Waals surface area contributed by atoms with Crippen molar-refractivity contribution in [3.8, 4) is 17.5 Å². The molecule has 3 aromatic rings. The number of aryl methyl sites for hydroxylation is 1. The number of imidazole rings is 1. The third-order valence-electron chi connectivity index (χ3n) is 3.54. The van der Waals surface area contributed by atoms with Gasteiger partial charge in [0.15, 0.2) is 0 Å². The Balaban J connectivity index is 2.30. The van der Waals surface area contributed by atoms with Crippen molar-refractivity contribution >= 4 is 22.8 Å². The van der Waals surface area contributed by atoms with Gasteiger partial charge in [0.05, 0.1) is 22.7 Å². The topological polar surface area (TPSA) is 41.6 Å². The maximum Gasteiger partial charge on any atom is 0.142 e. The molecule has 104 valence electrons. The zero-order valence-electron chi connectivity index (χ0n) is 12.0. The number of hydrogen-bond acceptors (Lipinski definition) is 3. The molecule has 0 aliphatic carbocycles. The fourth-order valence-corrected chi connectivity index (χ4v) is 3.15. The molecule has 0 aliphatic rings. The van der Waals surface area contributed by atoms with Crippen molar-refractivity contribution in [3.63, 3.8) is 0 Å². The van der Waals surface area contributed by atoms with Crippen LogP contribution in [-0.2, 0) is 6.54 Å². The first kappa shape index (κ1) is 13.7. The summed E-state index contributed by atoms with van der Waals surface area (Å²) in [6.45, 7) is 2.96. The van der Waals surface area contributed by atoms with Gasteiger partial charge in [0.2, 0.25) is 0 Å². The smallest absolute Gasteiger partial charge is 0.142 e. The number of fused-ring (bicyclic) bond motifs is 1. The Morgan fingerprint density at radius 2 is 2.05 bits per heavy atom. The van der Waals surface area contributed by atoms with Crippen LogP contribution >= 0.6 is 11.8 Å². The first-order valence-corrected chi connectivity index (χ1v) is 8.04. The molecule has 0 saturated heterocycles. The third kappa shape index (κ3) is 2.30. The number of nitrogens with zero attached hydrogens (tertiary/aromatic N) is 3. The summed E-state index contributed by atoms with van der Waals surface area (Å²) in [5.41, 5.74) is 3.73. The number of nitriles is 1. The number of thioether (sulfide) groups is 1. The number of hydrogen-bond donors (Lipinski definition) is 0. The van der Waals surface area contributed by atoms with E-state index in [1.54, 1.807) is 11.8 Å². The zero-order chi connectivity index (χ0) is 14.8. The summed E-state index contributed by atoms with van der Waals surface area (Å²) in [6.07, 6.45) is 2.07. The van der Waals surface area contributed by atoms with E-state index < -0.39 is 0 Å². The van der Waals surface area contributed by atoms with E-state index in [-0.39, 0.29) is 0 Å². The van der Waals surface area contributed by atoms with Crippen LogP contribution in [0.15, 0.2) is 47.4 Å². The average Bonchev–Trinajstić information content (AvgIpc) is 2.91. The van der Waals surface area contributed by atoms with Gasteiger partial charge in [0.1, 0.15) is 5.82 Å². The summed E-state index contributed by atoms with van der Waals surface area (Å²) >= 11 is 1.72. The molecule has 4 heteroatoms. The molecular formula is C17H15N3S. The van der Waals surface area contributed by atoms with Gasteiger partial charge in [-0.05, 0) is 37.4 Å². The first-order valence-electron chi connectivity index (χ1n) is 6.82. The number of benzene rings is 2. The quantitative estimate of drug-likeness (QED) is 0.675. The van der Waals surface area contributed by atoms with Crippen LogP contribution in [0.2, 0.25) is 0 Å². The monoisotopic (exact) mass is 293 g/mol. The van der Waals surface area contributed by atoms with E-state index in [1.807, 2.05) is 30.3 Å². The van der Waals surface area contributed by atoms with Gasteiger partial charge in [-0.25, -0.2) is 4.98 Å². The third-order valence-corrected chi connectivity index (χ3v) is 4.34. The molecular weight excluding hydrogens is 278 g/mol. The van der Waals surface area contributed by atoms with Gasteiger partial charge >= 0.3 is 0 Å². The Labute approximate surface area is 128 Å². The molecule has 0 radical (unpaired) electrons. The van der Waals surface area contributed by atoms with E-state index in [0.717, 1.165) is 29.0 Å². The Bertz CT molecular complexity index is 843. The van der Waals surface area contributed by atoms with Gasteiger partial charge in [-0.15, -0.1) is 11.8 Å². The van der Waals surface area contributed by atoms with Crippen molar-refractivity contribution in [2.45, 2.75) is 18.4 Å². The number of aromatic nitrogens is 2. The van der Waals surface area contributed by atoms with E-state index in [0.29, 0.717) is 5.56 Å². The van der Waals surface area contributed by atoms with Crippen molar-refractivity contribution in [2.75, 3.05) is 6.26 Å². The van der Waals surface area contributed by atoms with Crippen LogP contribution in [-0.4, -0.2) is 15.8 Å². The lowest BCUT2D eigenvalue weighted by Crippen LogP contribution is -1.98. The molecule has 0 fully saturated rings. The minimum Gasteiger partial charge on any atom is -0.324 e. The molecule has 1 heterocycles. The van der Waals surface area contributed by atoms with Gasteiger partial charge in [-0.2, -0.15) is 5.26 Å². The standard InChI is InChI=1S/C17H15N3S/c1-3-20-15-9-8-12(11-18)10-14(15)19-17(20)13-6-4-5-7-16(13)21-2/h4-10H,3H2,1-2H3. The Morgan fingerprint density at radius 1 is 1.24 bits per heavy atom. The van der Waals surface area contributed by atoms with Gasteiger partial charge in [0.25, 0.3) is 0 Å². The molecule has 0 saturated carbocycles. The van der Waals surface area contributed by atoms with Crippen LogP contribution in [0.25, 0.3) is 22.4 Å². The summed E-state index contributed by atoms with van der Waals surface area (Å²) in [6, 6.07) is 16.2. The molecule has 0 aliphatic heterocycles. The van der Waals surface area contributed by atoms with Crippen LogP contribution < -0.4 is 0 Å². The van der Waals surface area contributed by atoms with E-state index in [9.17, 15) is 0 Å². The normalized spacial score (nSPS) is 10.7. The van der Waals surface area contributed by atoms with Crippen molar-refractivity contribution in [3.05, 3.63) is 48.0 Å². The second-order valence-corrected chi connectivity index (χ2v) is 5.54. The van der Waals surface area contributed by atoms with E-state index in [2.05, 4.69) is 35.9 Å². The zero-order valence-corrected chi connectivity index (χ0v) is 12.8. The van der Waals surface area contributed by atoms with Crippen LogP contribution in [0, 0.1) is 11.3 Å². The lowest BCUT2D eigenvalue weighted by molar-refractivity contribution is 0.795. The Hall–Kier alpha value is -2.25. The molecule has 2 aromatic carbocycles. The minimum absolute atomic E-state index is 0.646. The van der Waals surface area contributed by atoms with Crippen molar-refractivity contribution in [1.29, 1.82) is 5.26 Å². The van der Waals surface area contributed by atoms with Crippen LogP contribution in [0.3, 0.4) is 0 Å². The van der Waals surface area contributed by atoms with Crippen molar-refractivity contribution in [2.24, 2.45) is 0 Å². The lowest BCUT2D eigenvalue weighted by Gasteiger charge is -2.09. The summed E-state index contributed by atoms with van der Waals surface area (Å²) < 4.78 is 2.20. The highest BCUT2D eigenvalue weighted by molar-refractivity contribution is 7.98. The molecule has 0 N–H and O–H groups in total. The second-order valence-electron chi connectivity index (χ2n) is 4.70. The van der Waals surface area contributed by atoms with Gasteiger partial charge < -0.3 is 4.57 Å². The highest BCUT2D eigenvalue weighted by atomic mass is 32.2. The molecule has 0 amide bonds. The molecule has 21 heavy (non-hydrogen) atoms. The maximum atomic E-state index is 9.04. The van der Waals surface area contributed by atoms with Gasteiger partial charge in [-0.1, -0.05) is 18.2 Å². The molecule has 3 rings (SSSR count). The Morgan fingerprint density at radius 3 is 2.76 bits per heavy atom.